The molecule has 1 aromatic heterocycles. The minimum absolute atomic E-state index is 0.153. The van der Waals surface area contributed by atoms with Gasteiger partial charge in [0.2, 0.25) is 0 Å². The summed E-state index contributed by atoms with van der Waals surface area (Å²) in [5.41, 5.74) is 6.89. The fraction of sp³-hybridized carbons (Fsp3) is 0.250. The monoisotopic (exact) mass is 220 g/mol. The van der Waals surface area contributed by atoms with Crippen molar-refractivity contribution in [2.45, 2.75) is 19.4 Å². The van der Waals surface area contributed by atoms with Crippen LogP contribution in [-0.2, 0) is 0 Å². The summed E-state index contributed by atoms with van der Waals surface area (Å²) in [5, 5.41) is 0.592. The third-order valence-electron chi connectivity index (χ3n) is 2.69. The number of aromatic nitrogens is 1. The zero-order chi connectivity index (χ0) is 11.7. The van der Waals surface area contributed by atoms with Gasteiger partial charge in [-0.1, -0.05) is 6.92 Å². The first-order valence-electron chi connectivity index (χ1n) is 5.20. The predicted molar refractivity (Wildman–Crippen MR) is 60.9 cm³/mol. The molecular weight excluding hydrogens is 207 g/mol. The Hall–Kier alpha value is -1.68. The number of halogens is 1. The number of carbonyl (C=O) groups excluding carboxylic acids is 1. The van der Waals surface area contributed by atoms with Gasteiger partial charge >= 0.3 is 0 Å². The van der Waals surface area contributed by atoms with E-state index in [1.54, 1.807) is 12.3 Å². The predicted octanol–water partition coefficient (Wildman–Crippen LogP) is 2.23. The summed E-state index contributed by atoms with van der Waals surface area (Å²) in [5.74, 6) is -0.509. The van der Waals surface area contributed by atoms with E-state index in [-0.39, 0.29) is 11.6 Å². The molecule has 2 rings (SSSR count). The van der Waals surface area contributed by atoms with Gasteiger partial charge in [0, 0.05) is 22.7 Å². The number of ketones is 1. The number of carbonyl (C=O) groups is 1. The summed E-state index contributed by atoms with van der Waals surface area (Å²) in [4.78, 5) is 14.8. The van der Waals surface area contributed by atoms with Gasteiger partial charge in [0.25, 0.3) is 0 Å². The number of Topliss-reactive ketones (excluding diaryl/α,β-unsaturated/α-hetero) is 1. The van der Waals surface area contributed by atoms with Gasteiger partial charge in [-0.2, -0.15) is 0 Å². The summed E-state index contributed by atoms with van der Waals surface area (Å²) < 4.78 is 13.1. The molecule has 0 fully saturated rings. The number of H-pyrrole nitrogens is 1. The molecule has 1 heterocycles. The SMILES string of the molecule is CCC(N)C(=O)c1c[nH]c2ccc(F)cc12. The zero-order valence-corrected chi connectivity index (χ0v) is 8.96. The lowest BCUT2D eigenvalue weighted by atomic mass is 10.0. The zero-order valence-electron chi connectivity index (χ0n) is 8.96. The molecule has 84 valence electrons. The topological polar surface area (TPSA) is 58.9 Å². The molecule has 16 heavy (non-hydrogen) atoms. The minimum Gasteiger partial charge on any atom is -0.360 e. The molecule has 3 nitrogen and oxygen atoms in total. The van der Waals surface area contributed by atoms with E-state index in [4.69, 9.17) is 5.73 Å². The van der Waals surface area contributed by atoms with E-state index < -0.39 is 6.04 Å². The van der Waals surface area contributed by atoms with Gasteiger partial charge in [-0.25, -0.2) is 4.39 Å². The van der Waals surface area contributed by atoms with E-state index >= 15 is 0 Å². The maximum absolute atomic E-state index is 13.1. The highest BCUT2D eigenvalue weighted by Gasteiger charge is 2.17. The molecule has 1 unspecified atom stereocenters. The highest BCUT2D eigenvalue weighted by molar-refractivity contribution is 6.10. The van der Waals surface area contributed by atoms with Crippen LogP contribution in [0, 0.1) is 5.82 Å². The number of hydrogen-bond donors (Lipinski definition) is 2. The highest BCUT2D eigenvalue weighted by Crippen LogP contribution is 2.20. The van der Waals surface area contributed by atoms with E-state index in [1.165, 1.54) is 12.1 Å². The molecule has 1 aromatic carbocycles. The normalized spacial score (nSPS) is 12.9. The maximum Gasteiger partial charge on any atom is 0.181 e. The van der Waals surface area contributed by atoms with Gasteiger partial charge in [0.15, 0.2) is 5.78 Å². The van der Waals surface area contributed by atoms with Crippen molar-refractivity contribution in [2.75, 3.05) is 0 Å². The number of benzene rings is 1. The Balaban J connectivity index is 2.53. The van der Waals surface area contributed by atoms with Gasteiger partial charge in [-0.15, -0.1) is 0 Å². The molecule has 0 bridgehead atoms. The van der Waals surface area contributed by atoms with Gasteiger partial charge in [0.05, 0.1) is 6.04 Å². The lowest BCUT2D eigenvalue weighted by Crippen LogP contribution is -2.29. The number of rotatable bonds is 3. The van der Waals surface area contributed by atoms with Crippen molar-refractivity contribution in [2.24, 2.45) is 5.73 Å². The fourth-order valence-corrected chi connectivity index (χ4v) is 1.68. The molecule has 4 heteroatoms. The Kier molecular flexibility index (Phi) is 2.75. The molecule has 0 aliphatic carbocycles. The summed E-state index contributed by atoms with van der Waals surface area (Å²) >= 11 is 0. The Bertz CT molecular complexity index is 533. The van der Waals surface area contributed by atoms with Gasteiger partial charge in [-0.3, -0.25) is 4.79 Å². The quantitative estimate of drug-likeness (QED) is 0.779. The smallest absolute Gasteiger partial charge is 0.181 e. The van der Waals surface area contributed by atoms with E-state index in [0.717, 1.165) is 5.52 Å². The van der Waals surface area contributed by atoms with Crippen LogP contribution in [0.3, 0.4) is 0 Å². The molecular formula is C12H13FN2O. The first-order valence-corrected chi connectivity index (χ1v) is 5.20. The van der Waals surface area contributed by atoms with Crippen molar-refractivity contribution in [1.82, 2.24) is 4.98 Å². The Morgan fingerprint density at radius 3 is 3.00 bits per heavy atom. The van der Waals surface area contributed by atoms with E-state index in [2.05, 4.69) is 4.98 Å². The van der Waals surface area contributed by atoms with E-state index in [9.17, 15) is 9.18 Å². The van der Waals surface area contributed by atoms with Crippen LogP contribution in [0.5, 0.6) is 0 Å². The third kappa shape index (κ3) is 1.72. The Morgan fingerprint density at radius 2 is 2.31 bits per heavy atom. The Labute approximate surface area is 92.4 Å². The molecule has 1 atom stereocenters. The molecule has 0 amide bonds. The molecule has 3 N–H and O–H groups in total. The van der Waals surface area contributed by atoms with Crippen LogP contribution in [0.4, 0.5) is 4.39 Å². The molecule has 0 spiro atoms. The number of aromatic amines is 1. The number of nitrogens with two attached hydrogens (primary N) is 1. The minimum atomic E-state index is -0.526. The summed E-state index contributed by atoms with van der Waals surface area (Å²) in [6.07, 6.45) is 2.16. The van der Waals surface area contributed by atoms with Crippen LogP contribution in [0.15, 0.2) is 24.4 Å². The molecule has 2 aromatic rings. The van der Waals surface area contributed by atoms with E-state index in [1.807, 2.05) is 6.92 Å². The van der Waals surface area contributed by atoms with Gasteiger partial charge in [-0.05, 0) is 24.6 Å². The molecule has 0 radical (unpaired) electrons. The molecule has 0 saturated carbocycles. The van der Waals surface area contributed by atoms with Gasteiger partial charge < -0.3 is 10.7 Å². The van der Waals surface area contributed by atoms with Crippen LogP contribution in [0.25, 0.3) is 10.9 Å². The first-order chi connectivity index (χ1) is 7.63. The van der Waals surface area contributed by atoms with Crippen molar-refractivity contribution < 1.29 is 9.18 Å². The summed E-state index contributed by atoms with van der Waals surface area (Å²) in [6.45, 7) is 1.85. The molecule has 0 aliphatic heterocycles. The van der Waals surface area contributed by atoms with Crippen LogP contribution in [0.2, 0.25) is 0 Å². The van der Waals surface area contributed by atoms with Crippen molar-refractivity contribution >= 4 is 16.7 Å². The Morgan fingerprint density at radius 1 is 1.56 bits per heavy atom. The van der Waals surface area contributed by atoms with Crippen LogP contribution < -0.4 is 5.73 Å². The van der Waals surface area contributed by atoms with Crippen molar-refractivity contribution in [3.63, 3.8) is 0 Å². The maximum atomic E-state index is 13.1. The highest BCUT2D eigenvalue weighted by atomic mass is 19.1. The number of hydrogen-bond acceptors (Lipinski definition) is 2. The van der Waals surface area contributed by atoms with E-state index in [0.29, 0.717) is 17.4 Å². The second kappa shape index (κ2) is 4.06. The van der Waals surface area contributed by atoms with Gasteiger partial charge in [0.1, 0.15) is 5.82 Å². The average Bonchev–Trinajstić information content (AvgIpc) is 2.69. The third-order valence-corrected chi connectivity index (χ3v) is 2.69. The molecule has 0 saturated heterocycles. The second-order valence-electron chi connectivity index (χ2n) is 3.77. The fourth-order valence-electron chi connectivity index (χ4n) is 1.68. The second-order valence-corrected chi connectivity index (χ2v) is 3.77. The number of fused-ring (bicyclic) bond motifs is 1. The first kappa shape index (κ1) is 10.8. The standard InChI is InChI=1S/C12H13FN2O/c1-2-10(14)12(16)9-6-15-11-4-3-7(13)5-8(9)11/h3-6,10,15H,2,14H2,1H3. The molecule has 0 aliphatic rings. The van der Waals surface area contributed by atoms with Crippen molar-refractivity contribution in [3.8, 4) is 0 Å². The summed E-state index contributed by atoms with van der Waals surface area (Å²) in [7, 11) is 0. The lowest BCUT2D eigenvalue weighted by molar-refractivity contribution is 0.0961. The van der Waals surface area contributed by atoms with Crippen molar-refractivity contribution in [1.29, 1.82) is 0 Å². The van der Waals surface area contributed by atoms with Crippen LogP contribution in [0.1, 0.15) is 23.7 Å². The number of nitrogens with one attached hydrogen (secondary N) is 1. The van der Waals surface area contributed by atoms with Crippen LogP contribution >= 0.6 is 0 Å². The van der Waals surface area contributed by atoms with Crippen LogP contribution in [-0.4, -0.2) is 16.8 Å². The van der Waals surface area contributed by atoms with Crippen molar-refractivity contribution in [3.05, 3.63) is 35.8 Å². The average molecular weight is 220 g/mol. The summed E-state index contributed by atoms with van der Waals surface area (Å²) in [6, 6.07) is 3.79. The largest absolute Gasteiger partial charge is 0.360 e. The lowest BCUT2D eigenvalue weighted by Gasteiger charge is -2.05.